The molecule has 0 aromatic heterocycles. The molecule has 0 heterocycles. The van der Waals surface area contributed by atoms with E-state index in [4.69, 9.17) is 28.6 Å². The molecule has 0 aliphatic carbocycles. The van der Waals surface area contributed by atoms with Gasteiger partial charge >= 0.3 is 0 Å². The maximum absolute atomic E-state index is 12.4. The largest absolute Gasteiger partial charge is 0.493 e. The number of amides is 2. The van der Waals surface area contributed by atoms with Crippen LogP contribution in [0.1, 0.15) is 29.3 Å². The number of para-hydroxylation sites is 1. The van der Waals surface area contributed by atoms with E-state index in [1.54, 1.807) is 48.5 Å². The van der Waals surface area contributed by atoms with Crippen molar-refractivity contribution >= 4 is 40.7 Å². The summed E-state index contributed by atoms with van der Waals surface area (Å²) < 4.78 is 5.56. The number of hydrogen-bond donors (Lipinski definition) is 3. The van der Waals surface area contributed by atoms with Gasteiger partial charge in [-0.1, -0.05) is 42.8 Å². The molecule has 0 fully saturated rings. The lowest BCUT2D eigenvalue weighted by molar-refractivity contribution is -0.121. The molecule has 2 aromatic carbocycles. The Hall–Kier alpha value is -2.64. The molecule has 27 heavy (non-hydrogen) atoms. The van der Waals surface area contributed by atoms with Gasteiger partial charge < -0.3 is 4.74 Å². The summed E-state index contributed by atoms with van der Waals surface area (Å²) >= 11 is 10.9. The third-order valence-corrected chi connectivity index (χ3v) is 3.87. The van der Waals surface area contributed by atoms with Gasteiger partial charge in [0.05, 0.1) is 18.6 Å². The molecule has 0 unspecified atom stereocenters. The first-order valence-corrected chi connectivity index (χ1v) is 9.14. The van der Waals surface area contributed by atoms with Crippen molar-refractivity contribution in [3.8, 4) is 5.75 Å². The van der Waals surface area contributed by atoms with E-state index < -0.39 is 5.91 Å². The first kappa shape index (κ1) is 20.7. The van der Waals surface area contributed by atoms with E-state index in [1.807, 2.05) is 6.92 Å². The van der Waals surface area contributed by atoms with Crippen LogP contribution in [0, 0.1) is 0 Å². The summed E-state index contributed by atoms with van der Waals surface area (Å²) in [6.07, 6.45) is 0.976. The molecular formula is C19H20ClN3O3S. The van der Waals surface area contributed by atoms with Crippen molar-refractivity contribution in [1.82, 2.24) is 16.2 Å². The summed E-state index contributed by atoms with van der Waals surface area (Å²) in [5, 5.41) is 3.09. The lowest BCUT2D eigenvalue weighted by atomic mass is 10.1. The number of carbonyl (C=O) groups is 2. The lowest BCUT2D eigenvalue weighted by Crippen LogP contribution is -2.48. The van der Waals surface area contributed by atoms with Crippen molar-refractivity contribution in [2.45, 2.75) is 19.8 Å². The van der Waals surface area contributed by atoms with Gasteiger partial charge in [0.25, 0.3) is 5.91 Å². The van der Waals surface area contributed by atoms with Gasteiger partial charge in [0.15, 0.2) is 5.11 Å². The van der Waals surface area contributed by atoms with Crippen LogP contribution in [-0.2, 0) is 11.2 Å². The fraction of sp³-hybridized carbons (Fsp3) is 0.211. The molecule has 2 aromatic rings. The molecule has 0 aliphatic heterocycles. The van der Waals surface area contributed by atoms with Crippen molar-refractivity contribution in [1.29, 1.82) is 0 Å². The zero-order valence-corrected chi connectivity index (χ0v) is 16.3. The minimum absolute atomic E-state index is 0.0187. The van der Waals surface area contributed by atoms with E-state index in [-0.39, 0.29) is 17.4 Å². The summed E-state index contributed by atoms with van der Waals surface area (Å²) in [5.74, 6) is -0.252. The Labute approximate surface area is 168 Å². The maximum Gasteiger partial charge on any atom is 0.261 e. The summed E-state index contributed by atoms with van der Waals surface area (Å²) in [5.41, 5.74) is 6.12. The number of hydrazine groups is 1. The first-order chi connectivity index (χ1) is 13.0. The Kier molecular flexibility index (Phi) is 8.03. The van der Waals surface area contributed by atoms with Crippen molar-refractivity contribution in [3.63, 3.8) is 0 Å². The Bertz CT molecular complexity index is 812. The summed E-state index contributed by atoms with van der Waals surface area (Å²) in [7, 11) is 0. The molecule has 0 saturated carbocycles. The van der Waals surface area contributed by atoms with E-state index in [1.165, 1.54) is 0 Å². The highest BCUT2D eigenvalue weighted by atomic mass is 35.5. The third kappa shape index (κ3) is 6.88. The molecule has 8 heteroatoms. The normalized spacial score (nSPS) is 10.0. The van der Waals surface area contributed by atoms with Crippen LogP contribution in [0.15, 0.2) is 48.5 Å². The van der Waals surface area contributed by atoms with Gasteiger partial charge in [-0.05, 0) is 48.5 Å². The number of hydrogen-bond acceptors (Lipinski definition) is 4. The molecule has 0 radical (unpaired) electrons. The van der Waals surface area contributed by atoms with E-state index in [0.29, 0.717) is 22.9 Å². The van der Waals surface area contributed by atoms with Crippen LogP contribution in [0.2, 0.25) is 5.02 Å². The highest BCUT2D eigenvalue weighted by molar-refractivity contribution is 7.80. The van der Waals surface area contributed by atoms with Gasteiger partial charge in [-0.2, -0.15) is 0 Å². The Morgan fingerprint density at radius 3 is 2.48 bits per heavy atom. The van der Waals surface area contributed by atoms with Crippen LogP contribution >= 0.6 is 23.8 Å². The van der Waals surface area contributed by atoms with Crippen LogP contribution in [0.4, 0.5) is 0 Å². The van der Waals surface area contributed by atoms with Gasteiger partial charge in [-0.25, -0.2) is 0 Å². The number of benzene rings is 2. The van der Waals surface area contributed by atoms with Gasteiger partial charge in [-0.3, -0.25) is 25.8 Å². The molecule has 0 saturated heterocycles. The maximum atomic E-state index is 12.4. The minimum Gasteiger partial charge on any atom is -0.493 e. The van der Waals surface area contributed by atoms with Crippen molar-refractivity contribution in [3.05, 3.63) is 64.7 Å². The third-order valence-electron chi connectivity index (χ3n) is 3.41. The highest BCUT2D eigenvalue weighted by Gasteiger charge is 2.13. The Morgan fingerprint density at radius 2 is 1.78 bits per heavy atom. The van der Waals surface area contributed by atoms with Gasteiger partial charge in [0.2, 0.25) is 5.91 Å². The topological polar surface area (TPSA) is 79.5 Å². The number of nitrogens with one attached hydrogen (secondary N) is 3. The average molecular weight is 406 g/mol. The SMILES string of the molecule is CCCOc1ccccc1C(=O)NC(=S)NNC(=O)Cc1ccc(Cl)cc1. The van der Waals surface area contributed by atoms with Crippen molar-refractivity contribution < 1.29 is 14.3 Å². The van der Waals surface area contributed by atoms with E-state index in [0.717, 1.165) is 12.0 Å². The molecule has 0 atom stereocenters. The number of carbonyl (C=O) groups excluding carboxylic acids is 2. The number of ether oxygens (including phenoxy) is 1. The van der Waals surface area contributed by atoms with Gasteiger partial charge in [0, 0.05) is 5.02 Å². The summed E-state index contributed by atoms with van der Waals surface area (Å²) in [6.45, 7) is 2.49. The number of halogens is 1. The molecule has 3 N–H and O–H groups in total. The summed E-state index contributed by atoms with van der Waals surface area (Å²) in [4.78, 5) is 24.3. The van der Waals surface area contributed by atoms with Crippen LogP contribution in [0.3, 0.4) is 0 Å². The Morgan fingerprint density at radius 1 is 1.07 bits per heavy atom. The fourth-order valence-electron chi connectivity index (χ4n) is 2.15. The number of thiocarbonyl (C=S) groups is 1. The molecule has 142 valence electrons. The van der Waals surface area contributed by atoms with Crippen LogP contribution in [0.25, 0.3) is 0 Å². The average Bonchev–Trinajstić information content (AvgIpc) is 2.66. The number of rotatable bonds is 6. The second kappa shape index (κ2) is 10.5. The van der Waals surface area contributed by atoms with E-state index in [9.17, 15) is 9.59 Å². The van der Waals surface area contributed by atoms with Crippen molar-refractivity contribution in [2.75, 3.05) is 6.61 Å². The second-order valence-corrected chi connectivity index (χ2v) is 6.45. The van der Waals surface area contributed by atoms with Gasteiger partial charge in [0.1, 0.15) is 5.75 Å². The molecule has 0 bridgehead atoms. The molecule has 2 rings (SSSR count). The predicted octanol–water partition coefficient (Wildman–Crippen LogP) is 3.01. The first-order valence-electron chi connectivity index (χ1n) is 8.36. The molecule has 6 nitrogen and oxygen atoms in total. The second-order valence-electron chi connectivity index (χ2n) is 5.60. The molecule has 0 spiro atoms. The smallest absolute Gasteiger partial charge is 0.261 e. The zero-order chi connectivity index (χ0) is 19.6. The molecule has 2 amide bonds. The van der Waals surface area contributed by atoms with Crippen LogP contribution in [-0.4, -0.2) is 23.5 Å². The fourth-order valence-corrected chi connectivity index (χ4v) is 2.42. The zero-order valence-electron chi connectivity index (χ0n) is 14.8. The summed E-state index contributed by atoms with van der Waals surface area (Å²) in [6, 6.07) is 13.8. The quantitative estimate of drug-likeness (QED) is 0.508. The van der Waals surface area contributed by atoms with Crippen LogP contribution < -0.4 is 20.9 Å². The highest BCUT2D eigenvalue weighted by Crippen LogP contribution is 2.17. The van der Waals surface area contributed by atoms with Crippen molar-refractivity contribution in [2.24, 2.45) is 0 Å². The van der Waals surface area contributed by atoms with Crippen LogP contribution in [0.5, 0.6) is 5.75 Å². The minimum atomic E-state index is -0.425. The standard InChI is InChI=1S/C19H20ClN3O3S/c1-2-11-26-16-6-4-3-5-15(16)18(25)21-19(27)23-22-17(24)12-13-7-9-14(20)10-8-13/h3-10H,2,11-12H2,1H3,(H,22,24)(H2,21,23,25,27). The van der Waals surface area contributed by atoms with E-state index >= 15 is 0 Å². The lowest BCUT2D eigenvalue weighted by Gasteiger charge is -2.13. The van der Waals surface area contributed by atoms with Gasteiger partial charge in [-0.15, -0.1) is 0 Å². The predicted molar refractivity (Wildman–Crippen MR) is 109 cm³/mol. The Balaban J connectivity index is 1.84. The molecular weight excluding hydrogens is 386 g/mol. The molecule has 0 aliphatic rings. The van der Waals surface area contributed by atoms with E-state index in [2.05, 4.69) is 16.2 Å². The monoisotopic (exact) mass is 405 g/mol.